The number of hydrogen-bond acceptors (Lipinski definition) is 4. The first-order valence-electron chi connectivity index (χ1n) is 6.18. The predicted octanol–water partition coefficient (Wildman–Crippen LogP) is 1.63. The number of aromatic nitrogens is 2. The molecule has 1 N–H and O–H groups in total. The molecule has 0 saturated heterocycles. The maximum atomic E-state index is 12.5. The molecule has 0 spiro atoms. The monoisotopic (exact) mass is 257 g/mol. The molecule has 1 aromatic carbocycles. The zero-order chi connectivity index (χ0) is 13.4. The summed E-state index contributed by atoms with van der Waals surface area (Å²) in [5, 5.41) is 7.34. The second kappa shape index (κ2) is 4.42. The van der Waals surface area contributed by atoms with Crippen molar-refractivity contribution < 1.29 is 9.53 Å². The number of ether oxygens (including phenoxy) is 1. The van der Waals surface area contributed by atoms with Gasteiger partial charge in [-0.05, 0) is 18.1 Å². The predicted molar refractivity (Wildman–Crippen MR) is 71.8 cm³/mol. The lowest BCUT2D eigenvalue weighted by atomic mass is 10.0. The van der Waals surface area contributed by atoms with E-state index in [4.69, 9.17) is 4.74 Å². The van der Waals surface area contributed by atoms with Gasteiger partial charge in [-0.2, -0.15) is 5.10 Å². The highest BCUT2D eigenvalue weighted by atomic mass is 16.5. The van der Waals surface area contributed by atoms with Crippen molar-refractivity contribution >= 4 is 11.5 Å². The summed E-state index contributed by atoms with van der Waals surface area (Å²) in [6.07, 6.45) is 2.57. The van der Waals surface area contributed by atoms with Crippen LogP contribution < -0.4 is 10.1 Å². The van der Waals surface area contributed by atoms with Gasteiger partial charge in [0.1, 0.15) is 0 Å². The number of ketones is 1. The van der Waals surface area contributed by atoms with E-state index in [-0.39, 0.29) is 5.78 Å². The fourth-order valence-electron chi connectivity index (χ4n) is 2.39. The van der Waals surface area contributed by atoms with Crippen molar-refractivity contribution in [3.63, 3.8) is 0 Å². The number of methoxy groups -OCH3 is 1. The van der Waals surface area contributed by atoms with Gasteiger partial charge in [0.15, 0.2) is 11.4 Å². The summed E-state index contributed by atoms with van der Waals surface area (Å²) in [5.41, 5.74) is 3.43. The van der Waals surface area contributed by atoms with Crippen LogP contribution in [0.25, 0.3) is 0 Å². The highest BCUT2D eigenvalue weighted by Gasteiger charge is 2.21. The van der Waals surface area contributed by atoms with Gasteiger partial charge in [0.2, 0.25) is 5.78 Å². The van der Waals surface area contributed by atoms with Gasteiger partial charge < -0.3 is 10.1 Å². The Morgan fingerprint density at radius 3 is 3.11 bits per heavy atom. The Morgan fingerprint density at radius 1 is 1.47 bits per heavy atom. The molecular weight excluding hydrogens is 242 g/mol. The molecule has 5 heteroatoms. The summed E-state index contributed by atoms with van der Waals surface area (Å²) in [4.78, 5) is 12.5. The number of fused-ring (bicyclic) bond motifs is 1. The molecule has 2 heterocycles. The lowest BCUT2D eigenvalue weighted by Gasteiger charge is -2.06. The van der Waals surface area contributed by atoms with E-state index in [1.807, 2.05) is 18.2 Å². The molecule has 0 amide bonds. The summed E-state index contributed by atoms with van der Waals surface area (Å²) in [5.74, 6) is 0.425. The number of carbonyl (C=O) groups excluding carboxylic acids is 1. The van der Waals surface area contributed by atoms with Crippen LogP contribution in [0.3, 0.4) is 0 Å². The fraction of sp³-hybridized carbons (Fsp3) is 0.286. The number of hydrogen-bond donors (Lipinski definition) is 1. The molecule has 0 atom stereocenters. The Balaban J connectivity index is 2.02. The minimum Gasteiger partial charge on any atom is -0.493 e. The van der Waals surface area contributed by atoms with E-state index in [0.29, 0.717) is 17.0 Å². The van der Waals surface area contributed by atoms with Gasteiger partial charge in [0.25, 0.3) is 0 Å². The van der Waals surface area contributed by atoms with E-state index < -0.39 is 0 Å². The van der Waals surface area contributed by atoms with E-state index in [9.17, 15) is 4.79 Å². The van der Waals surface area contributed by atoms with Crippen molar-refractivity contribution in [2.45, 2.75) is 6.42 Å². The van der Waals surface area contributed by atoms with Gasteiger partial charge in [-0.15, -0.1) is 0 Å². The molecule has 0 saturated carbocycles. The van der Waals surface area contributed by atoms with E-state index in [1.165, 1.54) is 12.7 Å². The fourth-order valence-corrected chi connectivity index (χ4v) is 2.39. The lowest BCUT2D eigenvalue weighted by molar-refractivity contribution is 0.102. The zero-order valence-electron chi connectivity index (χ0n) is 10.9. The van der Waals surface area contributed by atoms with E-state index in [1.54, 1.807) is 17.9 Å². The standard InChI is InChI=1S/C14H15N3O2/c1-17-13(12(19-2)8-16-17)14(18)10-4-3-9-5-6-15-11(9)7-10/h3-4,7-8,15H,5-6H2,1-2H3. The lowest BCUT2D eigenvalue weighted by Crippen LogP contribution is -2.10. The Hall–Kier alpha value is -2.30. The minimum absolute atomic E-state index is 0.0756. The first kappa shape index (κ1) is 11.8. The van der Waals surface area contributed by atoms with Crippen molar-refractivity contribution in [2.24, 2.45) is 7.05 Å². The molecule has 0 aliphatic carbocycles. The Bertz CT molecular complexity index is 646. The first-order valence-corrected chi connectivity index (χ1v) is 6.18. The van der Waals surface area contributed by atoms with E-state index >= 15 is 0 Å². The maximum absolute atomic E-state index is 12.5. The third-order valence-electron chi connectivity index (χ3n) is 3.42. The smallest absolute Gasteiger partial charge is 0.214 e. The molecule has 98 valence electrons. The molecule has 1 aromatic heterocycles. The zero-order valence-corrected chi connectivity index (χ0v) is 10.9. The molecule has 0 unspecified atom stereocenters. The second-order valence-electron chi connectivity index (χ2n) is 4.56. The quantitative estimate of drug-likeness (QED) is 0.849. The van der Waals surface area contributed by atoms with Crippen LogP contribution in [0.4, 0.5) is 5.69 Å². The van der Waals surface area contributed by atoms with E-state index in [2.05, 4.69) is 10.4 Å². The number of anilines is 1. The summed E-state index contributed by atoms with van der Waals surface area (Å²) in [6.45, 7) is 0.933. The second-order valence-corrected chi connectivity index (χ2v) is 4.56. The van der Waals surface area contributed by atoms with Gasteiger partial charge in [-0.1, -0.05) is 12.1 Å². The summed E-state index contributed by atoms with van der Waals surface area (Å²) >= 11 is 0. The van der Waals surface area contributed by atoms with Crippen LogP contribution in [0, 0.1) is 0 Å². The third-order valence-corrected chi connectivity index (χ3v) is 3.42. The van der Waals surface area contributed by atoms with Crippen LogP contribution in [-0.2, 0) is 13.5 Å². The van der Waals surface area contributed by atoms with Crippen LogP contribution >= 0.6 is 0 Å². The van der Waals surface area contributed by atoms with Crippen molar-refractivity contribution in [3.05, 3.63) is 41.2 Å². The largest absolute Gasteiger partial charge is 0.493 e. The van der Waals surface area contributed by atoms with Crippen molar-refractivity contribution in [3.8, 4) is 5.75 Å². The topological polar surface area (TPSA) is 56.2 Å². The highest BCUT2D eigenvalue weighted by molar-refractivity contribution is 6.10. The van der Waals surface area contributed by atoms with Crippen LogP contribution in [0.5, 0.6) is 5.75 Å². The van der Waals surface area contributed by atoms with Crippen molar-refractivity contribution in [2.75, 3.05) is 19.0 Å². The van der Waals surface area contributed by atoms with Gasteiger partial charge in [-0.25, -0.2) is 0 Å². The highest BCUT2D eigenvalue weighted by Crippen LogP contribution is 2.26. The molecular formula is C14H15N3O2. The van der Waals surface area contributed by atoms with Gasteiger partial charge >= 0.3 is 0 Å². The molecule has 1 aliphatic heterocycles. The Kier molecular flexibility index (Phi) is 2.74. The molecule has 2 aromatic rings. The third kappa shape index (κ3) is 1.87. The number of aryl methyl sites for hydroxylation is 1. The summed E-state index contributed by atoms with van der Waals surface area (Å²) in [7, 11) is 3.28. The number of benzene rings is 1. The number of nitrogens with zero attached hydrogens (tertiary/aromatic N) is 2. The molecule has 3 rings (SSSR count). The average Bonchev–Trinajstić information content (AvgIpc) is 3.02. The molecule has 19 heavy (non-hydrogen) atoms. The molecule has 0 radical (unpaired) electrons. The first-order chi connectivity index (χ1) is 9.20. The molecule has 5 nitrogen and oxygen atoms in total. The summed E-state index contributed by atoms with van der Waals surface area (Å²) in [6, 6.07) is 5.77. The Labute approximate surface area is 111 Å². The maximum Gasteiger partial charge on any atom is 0.214 e. The molecule has 0 fully saturated rings. The minimum atomic E-state index is -0.0756. The van der Waals surface area contributed by atoms with Crippen LogP contribution in [0.2, 0.25) is 0 Å². The van der Waals surface area contributed by atoms with E-state index in [0.717, 1.165) is 18.7 Å². The molecule has 0 bridgehead atoms. The Morgan fingerprint density at radius 2 is 2.32 bits per heavy atom. The van der Waals surface area contributed by atoms with Crippen LogP contribution in [0.15, 0.2) is 24.4 Å². The summed E-state index contributed by atoms with van der Waals surface area (Å²) < 4.78 is 6.73. The van der Waals surface area contributed by atoms with Crippen LogP contribution in [0.1, 0.15) is 21.6 Å². The average molecular weight is 257 g/mol. The normalized spacial score (nSPS) is 12.9. The number of rotatable bonds is 3. The number of nitrogens with one attached hydrogen (secondary N) is 1. The van der Waals surface area contributed by atoms with Crippen molar-refractivity contribution in [1.82, 2.24) is 9.78 Å². The molecule has 1 aliphatic rings. The van der Waals surface area contributed by atoms with Gasteiger partial charge in [0.05, 0.1) is 13.3 Å². The van der Waals surface area contributed by atoms with Crippen LogP contribution in [-0.4, -0.2) is 29.2 Å². The van der Waals surface area contributed by atoms with Gasteiger partial charge in [0, 0.05) is 24.8 Å². The van der Waals surface area contributed by atoms with Gasteiger partial charge in [-0.3, -0.25) is 9.48 Å². The van der Waals surface area contributed by atoms with Crippen molar-refractivity contribution in [1.29, 1.82) is 0 Å². The SMILES string of the molecule is COc1cnn(C)c1C(=O)c1ccc2c(c1)NCC2. The number of carbonyl (C=O) groups is 1.